The molecule has 0 saturated heterocycles. The Bertz CT molecular complexity index is 555. The van der Waals surface area contributed by atoms with Gasteiger partial charge in [0.2, 0.25) is 0 Å². The molecular weight excluding hydrogens is 284 g/mol. The molecule has 0 heterocycles. The lowest BCUT2D eigenvalue weighted by atomic mass is 9.92. The van der Waals surface area contributed by atoms with Crippen LogP contribution in [0.4, 0.5) is 4.39 Å². The van der Waals surface area contributed by atoms with Gasteiger partial charge in [-0.3, -0.25) is 0 Å². The molecule has 19 heavy (non-hydrogen) atoms. The standard InChI is InChI=1S/C15H14Cl2FN/c16-13-6-4-10(5-7-13)12(9-19)8-11-2-1-3-14(17)15(11)18/h1-7,12H,8-9,19H2. The van der Waals surface area contributed by atoms with Crippen LogP contribution < -0.4 is 5.73 Å². The van der Waals surface area contributed by atoms with Gasteiger partial charge in [0.1, 0.15) is 5.82 Å². The highest BCUT2D eigenvalue weighted by Gasteiger charge is 2.14. The predicted molar refractivity (Wildman–Crippen MR) is 78.4 cm³/mol. The van der Waals surface area contributed by atoms with E-state index in [9.17, 15) is 4.39 Å². The van der Waals surface area contributed by atoms with Gasteiger partial charge >= 0.3 is 0 Å². The smallest absolute Gasteiger partial charge is 0.144 e. The molecule has 0 radical (unpaired) electrons. The lowest BCUT2D eigenvalue weighted by molar-refractivity contribution is 0.591. The van der Waals surface area contributed by atoms with Gasteiger partial charge in [-0.15, -0.1) is 0 Å². The second-order valence-corrected chi connectivity index (χ2v) is 5.24. The van der Waals surface area contributed by atoms with E-state index in [4.69, 9.17) is 28.9 Å². The third-order valence-corrected chi connectivity index (χ3v) is 3.67. The Morgan fingerprint density at radius 3 is 2.37 bits per heavy atom. The summed E-state index contributed by atoms with van der Waals surface area (Å²) in [5.74, 6) is -0.318. The molecule has 2 aromatic carbocycles. The van der Waals surface area contributed by atoms with E-state index >= 15 is 0 Å². The third-order valence-electron chi connectivity index (χ3n) is 3.12. The highest BCUT2D eigenvalue weighted by Crippen LogP contribution is 2.25. The molecule has 100 valence electrons. The minimum Gasteiger partial charge on any atom is -0.330 e. The average molecular weight is 298 g/mol. The van der Waals surface area contributed by atoms with Crippen LogP contribution >= 0.6 is 23.2 Å². The monoisotopic (exact) mass is 297 g/mol. The SMILES string of the molecule is NCC(Cc1cccc(Cl)c1F)c1ccc(Cl)cc1. The van der Waals surface area contributed by atoms with E-state index in [0.717, 1.165) is 5.56 Å². The molecule has 4 heteroatoms. The topological polar surface area (TPSA) is 26.0 Å². The summed E-state index contributed by atoms with van der Waals surface area (Å²) < 4.78 is 13.9. The van der Waals surface area contributed by atoms with E-state index in [0.29, 0.717) is 23.6 Å². The first-order valence-corrected chi connectivity index (χ1v) is 6.76. The molecule has 0 spiro atoms. The molecule has 1 atom stereocenters. The van der Waals surface area contributed by atoms with Crippen LogP contribution in [0.3, 0.4) is 0 Å². The Morgan fingerprint density at radius 1 is 1.05 bits per heavy atom. The highest BCUT2D eigenvalue weighted by molar-refractivity contribution is 6.31. The molecule has 0 aliphatic heterocycles. The largest absolute Gasteiger partial charge is 0.330 e. The van der Waals surface area contributed by atoms with Gasteiger partial charge in [0.25, 0.3) is 0 Å². The normalized spacial score (nSPS) is 12.4. The van der Waals surface area contributed by atoms with Gasteiger partial charge in [0.15, 0.2) is 0 Å². The maximum absolute atomic E-state index is 13.9. The lowest BCUT2D eigenvalue weighted by Gasteiger charge is -2.16. The molecule has 0 aliphatic rings. The second-order valence-electron chi connectivity index (χ2n) is 4.40. The molecule has 2 N–H and O–H groups in total. The molecule has 0 bridgehead atoms. The van der Waals surface area contributed by atoms with Crippen molar-refractivity contribution in [2.75, 3.05) is 6.54 Å². The summed E-state index contributed by atoms with van der Waals surface area (Å²) in [7, 11) is 0. The van der Waals surface area contributed by atoms with Gasteiger partial charge in [-0.05, 0) is 42.3 Å². The van der Waals surface area contributed by atoms with Gasteiger partial charge < -0.3 is 5.73 Å². The maximum Gasteiger partial charge on any atom is 0.144 e. The summed E-state index contributed by atoms with van der Waals surface area (Å²) in [5, 5.41) is 0.817. The van der Waals surface area contributed by atoms with Crippen LogP contribution in [-0.2, 0) is 6.42 Å². The first kappa shape index (κ1) is 14.3. The van der Waals surface area contributed by atoms with Crippen molar-refractivity contribution in [3.8, 4) is 0 Å². The predicted octanol–water partition coefficient (Wildman–Crippen LogP) is 4.42. The van der Waals surface area contributed by atoms with Crippen LogP contribution in [0.5, 0.6) is 0 Å². The van der Waals surface area contributed by atoms with Crippen LogP contribution in [0.2, 0.25) is 10.0 Å². The maximum atomic E-state index is 13.9. The minimum absolute atomic E-state index is 0.0465. The van der Waals surface area contributed by atoms with Crippen molar-refractivity contribution < 1.29 is 4.39 Å². The number of nitrogens with two attached hydrogens (primary N) is 1. The molecule has 0 aliphatic carbocycles. The summed E-state index contributed by atoms with van der Waals surface area (Å²) >= 11 is 11.6. The van der Waals surface area contributed by atoms with Crippen LogP contribution in [0.25, 0.3) is 0 Å². The number of hydrogen-bond acceptors (Lipinski definition) is 1. The van der Waals surface area contributed by atoms with E-state index in [2.05, 4.69) is 0 Å². The molecule has 0 saturated carbocycles. The van der Waals surface area contributed by atoms with Gasteiger partial charge in [0, 0.05) is 10.9 Å². The van der Waals surface area contributed by atoms with Crippen molar-refractivity contribution >= 4 is 23.2 Å². The Hall–Kier alpha value is -1.09. The number of benzene rings is 2. The fourth-order valence-corrected chi connectivity index (χ4v) is 2.36. The number of halogens is 3. The first-order valence-electron chi connectivity index (χ1n) is 6.00. The van der Waals surface area contributed by atoms with Crippen molar-refractivity contribution in [2.45, 2.75) is 12.3 Å². The molecule has 1 unspecified atom stereocenters. The van der Waals surface area contributed by atoms with Crippen molar-refractivity contribution in [1.29, 1.82) is 0 Å². The molecule has 0 amide bonds. The zero-order valence-corrected chi connectivity index (χ0v) is 11.8. The van der Waals surface area contributed by atoms with E-state index in [1.54, 1.807) is 18.2 Å². The van der Waals surface area contributed by atoms with Crippen molar-refractivity contribution in [3.63, 3.8) is 0 Å². The average Bonchev–Trinajstić information content (AvgIpc) is 2.42. The summed E-state index contributed by atoms with van der Waals surface area (Å²) in [4.78, 5) is 0. The molecular formula is C15H14Cl2FN. The summed E-state index contributed by atoms with van der Waals surface area (Å²) in [6.07, 6.45) is 0.518. The summed E-state index contributed by atoms with van der Waals surface area (Å²) in [6.45, 7) is 0.438. The Kier molecular flexibility index (Phi) is 4.81. The molecule has 1 nitrogen and oxygen atoms in total. The van der Waals surface area contributed by atoms with Crippen molar-refractivity contribution in [1.82, 2.24) is 0 Å². The number of rotatable bonds is 4. The molecule has 2 rings (SSSR count). The quantitative estimate of drug-likeness (QED) is 0.888. The Labute approximate surface area is 122 Å². The first-order chi connectivity index (χ1) is 9.11. The van der Waals surface area contributed by atoms with Crippen LogP contribution in [0.15, 0.2) is 42.5 Å². The van der Waals surface area contributed by atoms with Crippen LogP contribution in [0.1, 0.15) is 17.0 Å². The third kappa shape index (κ3) is 3.47. The fourth-order valence-electron chi connectivity index (χ4n) is 2.04. The van der Waals surface area contributed by atoms with Gasteiger partial charge in [-0.1, -0.05) is 47.5 Å². The summed E-state index contributed by atoms with van der Waals surface area (Å²) in [6, 6.07) is 12.5. The van der Waals surface area contributed by atoms with E-state index in [1.807, 2.05) is 24.3 Å². The molecule has 0 aromatic heterocycles. The van der Waals surface area contributed by atoms with E-state index in [1.165, 1.54) is 0 Å². The Morgan fingerprint density at radius 2 is 1.74 bits per heavy atom. The minimum atomic E-state index is -0.364. The fraction of sp³-hybridized carbons (Fsp3) is 0.200. The zero-order valence-electron chi connectivity index (χ0n) is 10.2. The second kappa shape index (κ2) is 6.38. The van der Waals surface area contributed by atoms with Crippen LogP contribution in [0, 0.1) is 5.82 Å². The zero-order chi connectivity index (χ0) is 13.8. The van der Waals surface area contributed by atoms with E-state index < -0.39 is 0 Å². The van der Waals surface area contributed by atoms with Crippen molar-refractivity contribution in [3.05, 3.63) is 69.5 Å². The van der Waals surface area contributed by atoms with Crippen molar-refractivity contribution in [2.24, 2.45) is 5.73 Å². The molecule has 0 fully saturated rings. The van der Waals surface area contributed by atoms with Crippen LogP contribution in [-0.4, -0.2) is 6.54 Å². The van der Waals surface area contributed by atoms with E-state index in [-0.39, 0.29) is 16.8 Å². The lowest BCUT2D eigenvalue weighted by Crippen LogP contribution is -2.15. The number of hydrogen-bond donors (Lipinski definition) is 1. The Balaban J connectivity index is 2.24. The van der Waals surface area contributed by atoms with Gasteiger partial charge in [-0.2, -0.15) is 0 Å². The summed E-state index contributed by atoms with van der Waals surface area (Å²) in [5.41, 5.74) is 7.42. The highest BCUT2D eigenvalue weighted by atomic mass is 35.5. The molecule has 2 aromatic rings. The van der Waals surface area contributed by atoms with Gasteiger partial charge in [-0.25, -0.2) is 4.39 Å². The van der Waals surface area contributed by atoms with Gasteiger partial charge in [0.05, 0.1) is 5.02 Å².